The molecule has 2 saturated heterocycles. The van der Waals surface area contributed by atoms with Crippen LogP contribution in [0.25, 0.3) is 10.8 Å². The van der Waals surface area contributed by atoms with Gasteiger partial charge in [0.25, 0.3) is 0 Å². The van der Waals surface area contributed by atoms with Gasteiger partial charge in [-0.2, -0.15) is 28.4 Å². The van der Waals surface area contributed by atoms with Crippen molar-refractivity contribution in [3.8, 4) is 12.1 Å². The summed E-state index contributed by atoms with van der Waals surface area (Å²) in [5.74, 6) is -0.0905. The standard InChI is InChI=1S/C33H35ClF3N7O2/c1-41-15-4-7-24(41)21-46-32-39-27-20-42(28-9-3-6-22-5-2-8-26(34)30(22)28)16-12-25(27)31(40-32)43-17-18-44(23(19-43)11-14-38)29(45)10-13-33(35,36)37/h2-3,5-6,8-10,13,23-24H,4,7,11-12,15-21H2,1H3/b13-10+. The van der Waals surface area contributed by atoms with Crippen molar-refractivity contribution in [1.82, 2.24) is 19.8 Å². The second-order valence-electron chi connectivity index (χ2n) is 12.0. The fraction of sp³-hybridized carbons (Fsp3) is 0.455. The fourth-order valence-electron chi connectivity index (χ4n) is 6.70. The summed E-state index contributed by atoms with van der Waals surface area (Å²) in [7, 11) is 2.08. The maximum atomic E-state index is 12.8. The molecule has 3 aliphatic heterocycles. The van der Waals surface area contributed by atoms with Crippen molar-refractivity contribution >= 4 is 39.8 Å². The third kappa shape index (κ3) is 6.86. The van der Waals surface area contributed by atoms with Crippen LogP contribution in [0.1, 0.15) is 30.5 Å². The number of fused-ring (bicyclic) bond motifs is 2. The normalized spacial score (nSPS) is 20.7. The average molecular weight is 654 g/mol. The van der Waals surface area contributed by atoms with Gasteiger partial charge in [-0.15, -0.1) is 0 Å². The van der Waals surface area contributed by atoms with Crippen LogP contribution in [-0.4, -0.2) is 90.3 Å². The summed E-state index contributed by atoms with van der Waals surface area (Å²) in [6.45, 7) is 3.37. The fourth-order valence-corrected chi connectivity index (χ4v) is 6.98. The van der Waals surface area contributed by atoms with Gasteiger partial charge in [-0.3, -0.25) is 4.79 Å². The first-order chi connectivity index (χ1) is 22.1. The Morgan fingerprint density at radius 2 is 1.91 bits per heavy atom. The van der Waals surface area contributed by atoms with Crippen LogP contribution in [0.15, 0.2) is 48.6 Å². The Labute approximate surface area is 270 Å². The van der Waals surface area contributed by atoms with Crippen molar-refractivity contribution in [2.45, 2.75) is 50.5 Å². The molecule has 242 valence electrons. The summed E-state index contributed by atoms with van der Waals surface area (Å²) < 4.78 is 44.5. The number of nitrogens with zero attached hydrogens (tertiary/aromatic N) is 7. The van der Waals surface area contributed by atoms with Crippen LogP contribution in [0.5, 0.6) is 6.01 Å². The summed E-state index contributed by atoms with van der Waals surface area (Å²) in [5, 5.41) is 12.2. The van der Waals surface area contributed by atoms with E-state index in [9.17, 15) is 23.2 Å². The highest BCUT2D eigenvalue weighted by molar-refractivity contribution is 6.36. The summed E-state index contributed by atoms with van der Waals surface area (Å²) in [6, 6.07) is 14.0. The second kappa shape index (κ2) is 13.3. The maximum absolute atomic E-state index is 12.8. The van der Waals surface area contributed by atoms with Crippen molar-refractivity contribution in [1.29, 1.82) is 5.26 Å². The number of likely N-dealkylation sites (N-methyl/N-ethyl adjacent to an activating group) is 1. The smallest absolute Gasteiger partial charge is 0.409 e. The molecule has 6 rings (SSSR count). The first-order valence-electron chi connectivity index (χ1n) is 15.4. The average Bonchev–Trinajstić information content (AvgIpc) is 3.46. The second-order valence-corrected chi connectivity index (χ2v) is 12.4. The molecular formula is C33H35ClF3N7O2. The minimum Gasteiger partial charge on any atom is -0.462 e. The Morgan fingerprint density at radius 3 is 2.65 bits per heavy atom. The molecule has 1 amide bonds. The van der Waals surface area contributed by atoms with E-state index in [-0.39, 0.29) is 37.6 Å². The van der Waals surface area contributed by atoms with Crippen LogP contribution in [0.3, 0.4) is 0 Å². The lowest BCUT2D eigenvalue weighted by Crippen LogP contribution is -2.55. The van der Waals surface area contributed by atoms with Crippen LogP contribution in [0, 0.1) is 11.3 Å². The summed E-state index contributed by atoms with van der Waals surface area (Å²) in [4.78, 5) is 30.4. The number of benzene rings is 2. The van der Waals surface area contributed by atoms with Gasteiger partial charge in [-0.25, -0.2) is 0 Å². The van der Waals surface area contributed by atoms with E-state index in [1.165, 1.54) is 4.90 Å². The first-order valence-corrected chi connectivity index (χ1v) is 15.8. The quantitative estimate of drug-likeness (QED) is 0.315. The molecule has 2 fully saturated rings. The maximum Gasteiger partial charge on any atom is 0.409 e. The molecule has 0 saturated carbocycles. The Morgan fingerprint density at radius 1 is 1.11 bits per heavy atom. The number of likely N-dealkylation sites (tertiary alicyclic amines) is 1. The van der Waals surface area contributed by atoms with E-state index in [0.717, 1.165) is 47.1 Å². The summed E-state index contributed by atoms with van der Waals surface area (Å²) >= 11 is 6.67. The van der Waals surface area contributed by atoms with E-state index in [0.29, 0.717) is 49.6 Å². The molecule has 9 nitrogen and oxygen atoms in total. The summed E-state index contributed by atoms with van der Waals surface area (Å²) in [5.41, 5.74) is 2.79. The van der Waals surface area contributed by atoms with Gasteiger partial charge in [0.1, 0.15) is 12.4 Å². The SMILES string of the molecule is CN1CCCC1COc1nc2c(c(N3CCN(C(=O)/C=C/C(F)(F)F)C(CC#N)C3)n1)CCN(c1cccc3cccc(Cl)c13)C2. The van der Waals surface area contributed by atoms with E-state index in [4.69, 9.17) is 26.3 Å². The Balaban J connectivity index is 1.31. The van der Waals surface area contributed by atoms with Gasteiger partial charge >= 0.3 is 12.2 Å². The van der Waals surface area contributed by atoms with Crippen LogP contribution in [0.2, 0.25) is 5.02 Å². The van der Waals surface area contributed by atoms with Crippen molar-refractivity contribution < 1.29 is 22.7 Å². The number of piperazine rings is 1. The van der Waals surface area contributed by atoms with E-state index < -0.39 is 18.1 Å². The topological polar surface area (TPSA) is 88.8 Å². The zero-order valence-corrected chi connectivity index (χ0v) is 26.3. The van der Waals surface area contributed by atoms with E-state index >= 15 is 0 Å². The van der Waals surface area contributed by atoms with Gasteiger partial charge in [-0.05, 0) is 50.4 Å². The highest BCUT2D eigenvalue weighted by Gasteiger charge is 2.34. The zero-order valence-electron chi connectivity index (χ0n) is 25.5. The number of alkyl halides is 3. The predicted octanol–water partition coefficient (Wildman–Crippen LogP) is 5.37. The van der Waals surface area contributed by atoms with Gasteiger partial charge in [0, 0.05) is 61.0 Å². The van der Waals surface area contributed by atoms with E-state index in [1.54, 1.807) is 0 Å². The van der Waals surface area contributed by atoms with Gasteiger partial charge < -0.3 is 24.3 Å². The minimum atomic E-state index is -4.60. The molecule has 2 atom stereocenters. The van der Waals surface area contributed by atoms with Crippen molar-refractivity contribution in [2.24, 2.45) is 0 Å². The molecule has 13 heteroatoms. The Hall–Kier alpha value is -4.08. The van der Waals surface area contributed by atoms with Crippen LogP contribution in [0.4, 0.5) is 24.7 Å². The molecule has 0 radical (unpaired) electrons. The molecule has 3 aromatic rings. The molecule has 4 heterocycles. The highest BCUT2D eigenvalue weighted by Crippen LogP contribution is 2.37. The number of carbonyl (C=O) groups is 1. The number of hydrogen-bond donors (Lipinski definition) is 0. The molecule has 0 bridgehead atoms. The van der Waals surface area contributed by atoms with E-state index in [2.05, 4.69) is 29.0 Å². The van der Waals surface area contributed by atoms with Crippen molar-refractivity contribution in [3.05, 3.63) is 64.8 Å². The lowest BCUT2D eigenvalue weighted by Gasteiger charge is -2.42. The van der Waals surface area contributed by atoms with Crippen LogP contribution in [-0.2, 0) is 17.8 Å². The summed E-state index contributed by atoms with van der Waals surface area (Å²) in [6.07, 6.45) is -1.39. The third-order valence-electron chi connectivity index (χ3n) is 9.08. The number of nitriles is 1. The van der Waals surface area contributed by atoms with Crippen molar-refractivity contribution in [3.63, 3.8) is 0 Å². The molecule has 3 aliphatic rings. The minimum absolute atomic E-state index is 0.0254. The van der Waals surface area contributed by atoms with Gasteiger partial charge in [0.15, 0.2) is 0 Å². The number of ether oxygens (including phenoxy) is 1. The van der Waals surface area contributed by atoms with Gasteiger partial charge in [0.05, 0.1) is 35.8 Å². The predicted molar refractivity (Wildman–Crippen MR) is 170 cm³/mol. The lowest BCUT2D eigenvalue weighted by atomic mass is 10.0. The van der Waals surface area contributed by atoms with Gasteiger partial charge in [0.2, 0.25) is 5.91 Å². The largest absolute Gasteiger partial charge is 0.462 e. The molecule has 2 aromatic carbocycles. The number of carbonyl (C=O) groups excluding carboxylic acids is 1. The molecule has 1 aromatic heterocycles. The van der Waals surface area contributed by atoms with Gasteiger partial charge in [-0.1, -0.05) is 35.9 Å². The number of anilines is 2. The number of allylic oxidation sites excluding steroid dienone is 1. The number of amides is 1. The molecule has 0 N–H and O–H groups in total. The molecule has 0 spiro atoms. The zero-order chi connectivity index (χ0) is 32.4. The monoisotopic (exact) mass is 653 g/mol. The number of rotatable bonds is 7. The number of hydrogen-bond acceptors (Lipinski definition) is 8. The lowest BCUT2D eigenvalue weighted by molar-refractivity contribution is -0.129. The van der Waals surface area contributed by atoms with Crippen LogP contribution < -0.4 is 14.5 Å². The molecule has 46 heavy (non-hydrogen) atoms. The number of halogens is 4. The van der Waals surface area contributed by atoms with Crippen molar-refractivity contribution in [2.75, 3.05) is 56.2 Å². The highest BCUT2D eigenvalue weighted by atomic mass is 35.5. The molecule has 2 unspecified atom stereocenters. The number of aromatic nitrogens is 2. The first kappa shape index (κ1) is 31.9. The third-order valence-corrected chi connectivity index (χ3v) is 9.39. The Kier molecular flexibility index (Phi) is 9.25. The molecule has 0 aliphatic carbocycles. The van der Waals surface area contributed by atoms with E-state index in [1.807, 2.05) is 35.2 Å². The molecular weight excluding hydrogens is 619 g/mol. The Bertz CT molecular complexity index is 1670. The van der Waals surface area contributed by atoms with Crippen LogP contribution >= 0.6 is 11.6 Å².